The Morgan fingerprint density at radius 2 is 1.92 bits per heavy atom. The van der Waals surface area contributed by atoms with E-state index in [9.17, 15) is 4.79 Å². The number of nitrogens with zero attached hydrogens (tertiary/aromatic N) is 5. The first kappa shape index (κ1) is 17.5. The van der Waals surface area contributed by atoms with Crippen LogP contribution in [0.4, 0.5) is 0 Å². The van der Waals surface area contributed by atoms with Crippen LogP contribution in [0.3, 0.4) is 0 Å². The van der Waals surface area contributed by atoms with E-state index >= 15 is 0 Å². The second-order valence-electron chi connectivity index (χ2n) is 7.85. The van der Waals surface area contributed by atoms with E-state index < -0.39 is 18.4 Å². The van der Waals surface area contributed by atoms with E-state index in [1.54, 1.807) is 13.3 Å². The summed E-state index contributed by atoms with van der Waals surface area (Å²) in [6, 6.07) is 0. The maximum atomic E-state index is 12.5. The first-order valence-electron chi connectivity index (χ1n) is 8.75. The van der Waals surface area contributed by atoms with Gasteiger partial charge in [0.15, 0.2) is 0 Å². The molecule has 0 spiro atoms. The van der Waals surface area contributed by atoms with Gasteiger partial charge in [0.05, 0.1) is 0 Å². The molecule has 2 aromatic heterocycles. The van der Waals surface area contributed by atoms with Crippen molar-refractivity contribution in [3.63, 3.8) is 0 Å². The SMILES string of the molecule is COc1ncnc(C2CC2)c1-c1ncc2c(n1)=NC(=O)[CH]([Sn]([CH3])([CH3])[CH3])C=2. The number of hydrogen-bond acceptors (Lipinski definition) is 6. The molecule has 7 nitrogen and oxygen atoms in total. The van der Waals surface area contributed by atoms with E-state index in [0.717, 1.165) is 23.8 Å². The van der Waals surface area contributed by atoms with E-state index in [1.165, 1.54) is 6.33 Å². The molecule has 2 aromatic rings. The van der Waals surface area contributed by atoms with Gasteiger partial charge >= 0.3 is 156 Å². The topological polar surface area (TPSA) is 90.2 Å². The molecule has 8 heteroatoms. The molecule has 1 fully saturated rings. The minimum absolute atomic E-state index is 0.0668. The summed E-state index contributed by atoms with van der Waals surface area (Å²) >= 11 is -2.45. The number of carbonyl (C=O) groups excluding carboxylic acids is 1. The summed E-state index contributed by atoms with van der Waals surface area (Å²) in [6.07, 6.45) is 7.45. The number of aromatic nitrogens is 4. The average Bonchev–Trinajstić information content (AvgIpc) is 3.44. The van der Waals surface area contributed by atoms with Crippen LogP contribution >= 0.6 is 0 Å². The molecule has 26 heavy (non-hydrogen) atoms. The van der Waals surface area contributed by atoms with Gasteiger partial charge in [-0.25, -0.2) is 0 Å². The molecule has 0 saturated heterocycles. The summed E-state index contributed by atoms with van der Waals surface area (Å²) in [6.45, 7) is 0. The van der Waals surface area contributed by atoms with Crippen LogP contribution in [0.1, 0.15) is 24.5 Å². The van der Waals surface area contributed by atoms with Gasteiger partial charge in [0.2, 0.25) is 0 Å². The van der Waals surface area contributed by atoms with Crippen LogP contribution in [0, 0.1) is 0 Å². The predicted octanol–water partition coefficient (Wildman–Crippen LogP) is 1.47. The molecule has 1 atom stereocenters. The maximum absolute atomic E-state index is 12.5. The van der Waals surface area contributed by atoms with Gasteiger partial charge in [-0.15, -0.1) is 0 Å². The van der Waals surface area contributed by atoms with Crippen molar-refractivity contribution in [2.75, 3.05) is 7.11 Å². The number of fused-ring (bicyclic) bond motifs is 1. The zero-order valence-corrected chi connectivity index (χ0v) is 18.2. The van der Waals surface area contributed by atoms with Crippen LogP contribution in [-0.4, -0.2) is 51.3 Å². The van der Waals surface area contributed by atoms with Crippen LogP contribution in [0.25, 0.3) is 17.5 Å². The third-order valence-corrected chi connectivity index (χ3v) is 11.3. The zero-order valence-electron chi connectivity index (χ0n) is 15.4. The number of carbonyl (C=O) groups is 1. The molecule has 1 aliphatic heterocycles. The molecule has 3 heterocycles. The van der Waals surface area contributed by atoms with Gasteiger partial charge in [-0.05, 0) is 0 Å². The molecule has 1 aliphatic carbocycles. The fraction of sp³-hybridized carbons (Fsp3) is 0.444. The van der Waals surface area contributed by atoms with Crippen molar-refractivity contribution >= 4 is 30.4 Å². The van der Waals surface area contributed by atoms with Gasteiger partial charge in [0.25, 0.3) is 0 Å². The average molecular weight is 458 g/mol. The van der Waals surface area contributed by atoms with E-state index in [4.69, 9.17) is 4.74 Å². The molecular formula is C18H21N5O2Sn. The number of amides is 1. The van der Waals surface area contributed by atoms with Crippen molar-refractivity contribution in [3.05, 3.63) is 28.9 Å². The van der Waals surface area contributed by atoms with E-state index in [1.807, 2.05) is 6.08 Å². The van der Waals surface area contributed by atoms with Gasteiger partial charge < -0.3 is 0 Å². The van der Waals surface area contributed by atoms with Gasteiger partial charge in [0.1, 0.15) is 0 Å². The Labute approximate surface area is 155 Å². The van der Waals surface area contributed by atoms with Crippen molar-refractivity contribution < 1.29 is 9.53 Å². The molecule has 0 N–H and O–H groups in total. The summed E-state index contributed by atoms with van der Waals surface area (Å²) in [5, 5.41) is 0.828. The summed E-state index contributed by atoms with van der Waals surface area (Å²) in [5.41, 5.74) is 2.05. The first-order valence-corrected chi connectivity index (χ1v) is 19.0. The van der Waals surface area contributed by atoms with E-state index in [0.29, 0.717) is 28.7 Å². The Morgan fingerprint density at radius 1 is 1.15 bits per heavy atom. The number of methoxy groups -OCH3 is 1. The molecule has 1 amide bonds. The minimum atomic E-state index is -2.45. The van der Waals surface area contributed by atoms with Gasteiger partial charge in [-0.3, -0.25) is 0 Å². The zero-order chi connectivity index (χ0) is 18.5. The Bertz CT molecular complexity index is 1010. The van der Waals surface area contributed by atoms with E-state index in [-0.39, 0.29) is 9.84 Å². The van der Waals surface area contributed by atoms with Crippen molar-refractivity contribution in [3.8, 4) is 17.3 Å². The Morgan fingerprint density at radius 3 is 2.58 bits per heavy atom. The summed E-state index contributed by atoms with van der Waals surface area (Å²) in [5.74, 6) is 1.23. The number of rotatable bonds is 4. The molecule has 2 aliphatic rings. The summed E-state index contributed by atoms with van der Waals surface area (Å²) in [4.78, 5) is 41.2. The molecule has 0 radical (unpaired) electrons. The fourth-order valence-corrected chi connectivity index (χ4v) is 7.41. The molecule has 0 aromatic carbocycles. The van der Waals surface area contributed by atoms with Crippen LogP contribution in [-0.2, 0) is 4.79 Å². The van der Waals surface area contributed by atoms with Crippen molar-refractivity contribution in [2.24, 2.45) is 4.99 Å². The molecule has 1 unspecified atom stereocenters. The third kappa shape index (κ3) is 3.13. The Balaban J connectivity index is 1.87. The standard InChI is InChI=1S/C15H12N5O2.3CH3.Sn/c1-22-15-11(12(8-2-3-8)17-7-18-15)14-16-6-9-4-5-10(21)19-13(9)20-14;;;;/h4-8H,2-3H2,1H3;3*1H3;. The molecular weight excluding hydrogens is 437 g/mol. The van der Waals surface area contributed by atoms with Crippen LogP contribution in [0.2, 0.25) is 18.8 Å². The second-order valence-corrected chi connectivity index (χ2v) is 23.1. The quantitative estimate of drug-likeness (QED) is 0.645. The summed E-state index contributed by atoms with van der Waals surface area (Å²) < 4.78 is 5.35. The normalized spacial score (nSPS) is 19.4. The molecule has 4 rings (SSSR count). The molecule has 0 bridgehead atoms. The van der Waals surface area contributed by atoms with Crippen molar-refractivity contribution in [1.82, 2.24) is 19.9 Å². The second kappa shape index (κ2) is 6.36. The molecule has 134 valence electrons. The van der Waals surface area contributed by atoms with Gasteiger partial charge in [0, 0.05) is 0 Å². The van der Waals surface area contributed by atoms with Gasteiger partial charge in [-0.2, -0.15) is 0 Å². The molecule has 1 saturated carbocycles. The number of hydrogen-bond donors (Lipinski definition) is 0. The van der Waals surface area contributed by atoms with Crippen LogP contribution in [0.5, 0.6) is 5.88 Å². The van der Waals surface area contributed by atoms with E-state index in [2.05, 4.69) is 39.7 Å². The van der Waals surface area contributed by atoms with Crippen molar-refractivity contribution in [2.45, 2.75) is 37.5 Å². The number of ether oxygens (including phenoxy) is 1. The Kier molecular flexibility index (Phi) is 4.29. The van der Waals surface area contributed by atoms with Crippen LogP contribution < -0.4 is 15.4 Å². The summed E-state index contributed by atoms with van der Waals surface area (Å²) in [7, 11) is 1.57. The monoisotopic (exact) mass is 459 g/mol. The third-order valence-electron chi connectivity index (χ3n) is 4.78. The Hall–Kier alpha value is -1.90. The first-order chi connectivity index (χ1) is 12.4. The predicted molar refractivity (Wildman–Crippen MR) is 98.9 cm³/mol. The fourth-order valence-electron chi connectivity index (χ4n) is 3.17. The van der Waals surface area contributed by atoms with Crippen molar-refractivity contribution in [1.29, 1.82) is 0 Å². The van der Waals surface area contributed by atoms with Gasteiger partial charge in [-0.1, -0.05) is 0 Å². The van der Waals surface area contributed by atoms with Crippen LogP contribution in [0.15, 0.2) is 17.5 Å².